The van der Waals surface area contributed by atoms with Crippen molar-refractivity contribution < 1.29 is 14.3 Å². The molecule has 0 saturated heterocycles. The fourth-order valence-corrected chi connectivity index (χ4v) is 3.36. The molecule has 1 N–H and O–H groups in total. The molecule has 4 heteroatoms. The van der Waals surface area contributed by atoms with E-state index in [1.165, 1.54) is 11.1 Å². The van der Waals surface area contributed by atoms with Crippen molar-refractivity contribution in [2.24, 2.45) is 0 Å². The second-order valence-electron chi connectivity index (χ2n) is 6.12. The van der Waals surface area contributed by atoms with Crippen LogP contribution < -0.4 is 14.8 Å². The number of methoxy groups -OCH3 is 2. The topological polar surface area (TPSA) is 47.6 Å². The zero-order chi connectivity index (χ0) is 17.1. The lowest BCUT2D eigenvalue weighted by molar-refractivity contribution is 0.0932. The maximum atomic E-state index is 12.7. The normalized spacial score (nSPS) is 16.2. The van der Waals surface area contributed by atoms with Crippen molar-refractivity contribution in [3.05, 3.63) is 58.7 Å². The molecule has 0 fully saturated rings. The van der Waals surface area contributed by atoms with E-state index in [1.807, 2.05) is 13.0 Å². The highest BCUT2D eigenvalue weighted by molar-refractivity contribution is 5.95. The summed E-state index contributed by atoms with van der Waals surface area (Å²) < 4.78 is 10.7. The van der Waals surface area contributed by atoms with Crippen molar-refractivity contribution in [3.8, 4) is 11.5 Å². The zero-order valence-corrected chi connectivity index (χ0v) is 14.4. The van der Waals surface area contributed by atoms with Crippen LogP contribution in [0.4, 0.5) is 0 Å². The summed E-state index contributed by atoms with van der Waals surface area (Å²) >= 11 is 0. The fraction of sp³-hybridized carbons (Fsp3) is 0.350. The molecule has 3 rings (SSSR count). The predicted octanol–water partition coefficient (Wildman–Crippen LogP) is 3.82. The van der Waals surface area contributed by atoms with Crippen molar-refractivity contribution >= 4 is 5.91 Å². The number of carbonyl (C=O) groups is 1. The number of carbonyl (C=O) groups excluding carboxylic acids is 1. The van der Waals surface area contributed by atoms with E-state index in [-0.39, 0.29) is 11.9 Å². The van der Waals surface area contributed by atoms with E-state index in [2.05, 4.69) is 23.5 Å². The second kappa shape index (κ2) is 6.95. The van der Waals surface area contributed by atoms with Crippen LogP contribution in [0.5, 0.6) is 11.5 Å². The minimum atomic E-state index is -0.103. The summed E-state index contributed by atoms with van der Waals surface area (Å²) in [5.74, 6) is 1.21. The van der Waals surface area contributed by atoms with Crippen LogP contribution in [0.2, 0.25) is 0 Å². The smallest absolute Gasteiger partial charge is 0.252 e. The van der Waals surface area contributed by atoms with Gasteiger partial charge in [0.25, 0.3) is 5.91 Å². The third-order valence-corrected chi connectivity index (χ3v) is 4.69. The molecule has 24 heavy (non-hydrogen) atoms. The third-order valence-electron chi connectivity index (χ3n) is 4.69. The lowest BCUT2D eigenvalue weighted by Gasteiger charge is -2.26. The van der Waals surface area contributed by atoms with Gasteiger partial charge in [-0.2, -0.15) is 0 Å². The molecule has 1 amide bonds. The Morgan fingerprint density at radius 1 is 1.12 bits per heavy atom. The molecule has 0 spiro atoms. The van der Waals surface area contributed by atoms with Gasteiger partial charge in [0.05, 0.1) is 20.3 Å². The monoisotopic (exact) mass is 325 g/mol. The minimum absolute atomic E-state index is 0.0562. The van der Waals surface area contributed by atoms with Gasteiger partial charge in [-0.25, -0.2) is 0 Å². The Hall–Kier alpha value is -2.49. The number of amides is 1. The number of hydrogen-bond donors (Lipinski definition) is 1. The molecule has 126 valence electrons. The average Bonchev–Trinajstić information content (AvgIpc) is 2.62. The van der Waals surface area contributed by atoms with Crippen LogP contribution in [-0.4, -0.2) is 20.1 Å². The van der Waals surface area contributed by atoms with Gasteiger partial charge in [0.15, 0.2) is 0 Å². The first kappa shape index (κ1) is 16.4. The molecule has 2 aromatic carbocycles. The van der Waals surface area contributed by atoms with Crippen molar-refractivity contribution in [3.63, 3.8) is 0 Å². The van der Waals surface area contributed by atoms with Crippen molar-refractivity contribution in [2.75, 3.05) is 14.2 Å². The molecule has 0 aromatic heterocycles. The van der Waals surface area contributed by atoms with Crippen LogP contribution in [0.25, 0.3) is 0 Å². The Morgan fingerprint density at radius 2 is 1.79 bits per heavy atom. The average molecular weight is 325 g/mol. The molecule has 1 atom stereocenters. The number of fused-ring (bicyclic) bond motifs is 1. The first-order valence-electron chi connectivity index (χ1n) is 8.25. The summed E-state index contributed by atoms with van der Waals surface area (Å²) in [6.45, 7) is 1.91. The highest BCUT2D eigenvalue weighted by Crippen LogP contribution is 2.32. The van der Waals surface area contributed by atoms with Gasteiger partial charge >= 0.3 is 0 Å². The number of ether oxygens (including phenoxy) is 2. The summed E-state index contributed by atoms with van der Waals surface area (Å²) in [6, 6.07) is 11.9. The summed E-state index contributed by atoms with van der Waals surface area (Å²) in [5.41, 5.74) is 3.99. The van der Waals surface area contributed by atoms with Gasteiger partial charge in [0.2, 0.25) is 0 Å². The molecule has 2 aromatic rings. The molecule has 4 nitrogen and oxygen atoms in total. The number of nitrogens with one attached hydrogen (secondary N) is 1. The maximum absolute atomic E-state index is 12.7. The first-order chi connectivity index (χ1) is 11.6. The largest absolute Gasteiger partial charge is 0.496 e. The van der Waals surface area contributed by atoms with E-state index < -0.39 is 0 Å². The highest BCUT2D eigenvalue weighted by Gasteiger charge is 2.22. The molecular formula is C20H23NO3. The summed E-state index contributed by atoms with van der Waals surface area (Å²) in [4.78, 5) is 12.7. The number of rotatable bonds is 4. The van der Waals surface area contributed by atoms with Gasteiger partial charge < -0.3 is 14.8 Å². The van der Waals surface area contributed by atoms with Crippen LogP contribution in [0, 0.1) is 6.92 Å². The van der Waals surface area contributed by atoms with Gasteiger partial charge in [-0.3, -0.25) is 4.79 Å². The van der Waals surface area contributed by atoms with Crippen LogP contribution in [0.1, 0.15) is 45.9 Å². The molecule has 0 heterocycles. The van der Waals surface area contributed by atoms with E-state index in [0.29, 0.717) is 17.1 Å². The first-order valence-corrected chi connectivity index (χ1v) is 8.25. The van der Waals surface area contributed by atoms with E-state index in [4.69, 9.17) is 9.47 Å². The molecule has 0 radical (unpaired) electrons. The second-order valence-corrected chi connectivity index (χ2v) is 6.12. The summed E-state index contributed by atoms with van der Waals surface area (Å²) in [6.07, 6.45) is 3.13. The number of aryl methyl sites for hydroxylation is 1. The third kappa shape index (κ3) is 3.09. The van der Waals surface area contributed by atoms with Crippen LogP contribution >= 0.6 is 0 Å². The maximum Gasteiger partial charge on any atom is 0.252 e. The summed E-state index contributed by atoms with van der Waals surface area (Å²) in [5, 5.41) is 3.16. The Labute approximate surface area is 142 Å². The summed E-state index contributed by atoms with van der Waals surface area (Å²) in [7, 11) is 3.20. The van der Waals surface area contributed by atoms with Crippen LogP contribution in [-0.2, 0) is 6.42 Å². The van der Waals surface area contributed by atoms with Crippen LogP contribution in [0.3, 0.4) is 0 Å². The lowest BCUT2D eigenvalue weighted by atomic mass is 9.87. The van der Waals surface area contributed by atoms with Crippen LogP contribution in [0.15, 0.2) is 36.4 Å². The lowest BCUT2D eigenvalue weighted by Crippen LogP contribution is -2.31. The Morgan fingerprint density at radius 3 is 2.46 bits per heavy atom. The van der Waals surface area contributed by atoms with Gasteiger partial charge in [-0.1, -0.05) is 24.3 Å². The van der Waals surface area contributed by atoms with Crippen molar-refractivity contribution in [1.29, 1.82) is 0 Å². The molecule has 0 aliphatic heterocycles. The molecule has 0 saturated carbocycles. The molecule has 0 unspecified atom stereocenters. The predicted molar refractivity (Wildman–Crippen MR) is 93.9 cm³/mol. The van der Waals surface area contributed by atoms with Gasteiger partial charge in [0.1, 0.15) is 11.5 Å². The Balaban J connectivity index is 1.86. The van der Waals surface area contributed by atoms with Crippen molar-refractivity contribution in [1.82, 2.24) is 5.32 Å². The highest BCUT2D eigenvalue weighted by atomic mass is 16.5. The van der Waals surface area contributed by atoms with Gasteiger partial charge in [-0.15, -0.1) is 0 Å². The van der Waals surface area contributed by atoms with Crippen molar-refractivity contribution in [2.45, 2.75) is 32.2 Å². The van der Waals surface area contributed by atoms with Gasteiger partial charge in [-0.05, 0) is 49.4 Å². The molecule has 0 bridgehead atoms. The SMILES string of the molecule is COc1cc(C(=O)N[C@@H]2CCCc3ccccc32)cc(OC)c1C. The molecule has 1 aliphatic rings. The molecular weight excluding hydrogens is 302 g/mol. The Bertz CT molecular complexity index is 729. The standard InChI is InChI=1S/C20H23NO3/c1-13-18(23-2)11-15(12-19(13)24-3)20(22)21-17-10-6-8-14-7-4-5-9-16(14)17/h4-5,7,9,11-12,17H,6,8,10H2,1-3H3,(H,21,22)/t17-/m1/s1. The number of benzene rings is 2. The van der Waals surface area contributed by atoms with E-state index >= 15 is 0 Å². The quantitative estimate of drug-likeness (QED) is 0.929. The van der Waals surface area contributed by atoms with Gasteiger partial charge in [0, 0.05) is 11.1 Å². The minimum Gasteiger partial charge on any atom is -0.496 e. The van der Waals surface area contributed by atoms with E-state index in [1.54, 1.807) is 26.4 Å². The number of hydrogen-bond acceptors (Lipinski definition) is 3. The van der Waals surface area contributed by atoms with E-state index in [9.17, 15) is 4.79 Å². The van der Waals surface area contributed by atoms with E-state index in [0.717, 1.165) is 24.8 Å². The molecule has 1 aliphatic carbocycles. The zero-order valence-electron chi connectivity index (χ0n) is 14.4. The Kier molecular flexibility index (Phi) is 4.74. The fourth-order valence-electron chi connectivity index (χ4n) is 3.36.